The molecule has 0 aromatic heterocycles. The number of rotatable bonds is 4. The number of nitrogens with one attached hydrogen (secondary N) is 1. The first-order valence-electron chi connectivity index (χ1n) is 6.19. The number of phenols is 1. The highest BCUT2D eigenvalue weighted by atomic mass is 35.5. The first kappa shape index (κ1) is 14.5. The molecular weight excluding hydrogens is 278 g/mol. The summed E-state index contributed by atoms with van der Waals surface area (Å²) in [4.78, 5) is 0. The normalized spacial score (nSPS) is 12.0. The van der Waals surface area contributed by atoms with Gasteiger partial charge in [0.25, 0.3) is 0 Å². The summed E-state index contributed by atoms with van der Waals surface area (Å²) in [7, 11) is 0. The summed E-state index contributed by atoms with van der Waals surface area (Å²) in [5, 5.41) is 13.0. The van der Waals surface area contributed by atoms with Gasteiger partial charge < -0.3 is 19.9 Å². The average Bonchev–Trinajstić information content (AvgIpc) is 2.88. The Bertz CT molecular complexity index is 589. The quantitative estimate of drug-likeness (QED) is 0.910. The number of halogens is 1. The molecule has 0 radical (unpaired) electrons. The van der Waals surface area contributed by atoms with E-state index in [9.17, 15) is 5.11 Å². The summed E-state index contributed by atoms with van der Waals surface area (Å²) in [5.74, 6) is 1.91. The maximum absolute atomic E-state index is 9.66. The number of fused-ring (bicyclic) bond motifs is 1. The highest BCUT2D eigenvalue weighted by Crippen LogP contribution is 2.32. The van der Waals surface area contributed by atoms with Crippen LogP contribution in [0.4, 0.5) is 0 Å². The van der Waals surface area contributed by atoms with Gasteiger partial charge in [0, 0.05) is 18.7 Å². The molecule has 0 atom stereocenters. The summed E-state index contributed by atoms with van der Waals surface area (Å²) in [5.41, 5.74) is 2.02. The fraction of sp³-hybridized carbons (Fsp3) is 0.200. The smallest absolute Gasteiger partial charge is 0.231 e. The van der Waals surface area contributed by atoms with E-state index in [1.54, 1.807) is 6.07 Å². The van der Waals surface area contributed by atoms with E-state index in [-0.39, 0.29) is 12.4 Å². The summed E-state index contributed by atoms with van der Waals surface area (Å²) >= 11 is 0. The SMILES string of the molecule is Cl.Oc1ccccc1CNCc1ccc2c(c1)OCO2. The maximum Gasteiger partial charge on any atom is 0.231 e. The van der Waals surface area contributed by atoms with Crippen LogP contribution in [0.2, 0.25) is 0 Å². The zero-order chi connectivity index (χ0) is 13.1. The number of hydrogen-bond acceptors (Lipinski definition) is 4. The maximum atomic E-state index is 9.66. The highest BCUT2D eigenvalue weighted by Gasteiger charge is 2.12. The monoisotopic (exact) mass is 293 g/mol. The molecular formula is C15H16ClNO3. The fourth-order valence-electron chi connectivity index (χ4n) is 2.05. The summed E-state index contributed by atoms with van der Waals surface area (Å²) in [6, 6.07) is 13.2. The lowest BCUT2D eigenvalue weighted by atomic mass is 10.1. The van der Waals surface area contributed by atoms with E-state index in [1.165, 1.54) is 0 Å². The lowest BCUT2D eigenvalue weighted by Gasteiger charge is -2.07. The van der Waals surface area contributed by atoms with Gasteiger partial charge in [0.05, 0.1) is 0 Å². The Kier molecular flexibility index (Phi) is 4.71. The van der Waals surface area contributed by atoms with Crippen molar-refractivity contribution in [2.45, 2.75) is 13.1 Å². The highest BCUT2D eigenvalue weighted by molar-refractivity contribution is 5.85. The van der Waals surface area contributed by atoms with Crippen LogP contribution in [0.25, 0.3) is 0 Å². The molecule has 2 aromatic carbocycles. The lowest BCUT2D eigenvalue weighted by Crippen LogP contribution is -2.12. The number of phenolic OH excluding ortho intramolecular Hbond substituents is 1. The number of para-hydroxylation sites is 1. The van der Waals surface area contributed by atoms with Gasteiger partial charge in [-0.15, -0.1) is 12.4 Å². The molecule has 1 aliphatic heterocycles. The second-order valence-electron chi connectivity index (χ2n) is 4.42. The first-order chi connectivity index (χ1) is 9.33. The largest absolute Gasteiger partial charge is 0.508 e. The standard InChI is InChI=1S/C15H15NO3.ClH/c17-13-4-2-1-3-12(13)9-16-8-11-5-6-14-15(7-11)19-10-18-14;/h1-7,16-17H,8-10H2;1H. The van der Waals surface area contributed by atoms with Crippen LogP contribution in [0, 0.1) is 0 Å². The van der Waals surface area contributed by atoms with Crippen molar-refractivity contribution in [2.24, 2.45) is 0 Å². The number of hydrogen-bond donors (Lipinski definition) is 2. The molecule has 1 heterocycles. The van der Waals surface area contributed by atoms with E-state index in [4.69, 9.17) is 9.47 Å². The van der Waals surface area contributed by atoms with E-state index in [1.807, 2.05) is 36.4 Å². The molecule has 0 bridgehead atoms. The number of benzene rings is 2. The van der Waals surface area contributed by atoms with Crippen LogP contribution in [0.5, 0.6) is 17.2 Å². The molecule has 2 aromatic rings. The van der Waals surface area contributed by atoms with Gasteiger partial charge in [-0.3, -0.25) is 0 Å². The molecule has 0 unspecified atom stereocenters. The van der Waals surface area contributed by atoms with E-state index in [0.717, 1.165) is 22.6 Å². The Morgan fingerprint density at radius 1 is 1.00 bits per heavy atom. The first-order valence-corrected chi connectivity index (χ1v) is 6.19. The third-order valence-electron chi connectivity index (χ3n) is 3.07. The fourth-order valence-corrected chi connectivity index (χ4v) is 2.05. The van der Waals surface area contributed by atoms with Crippen molar-refractivity contribution in [3.8, 4) is 17.2 Å². The van der Waals surface area contributed by atoms with Crippen molar-refractivity contribution in [3.63, 3.8) is 0 Å². The molecule has 0 saturated carbocycles. The van der Waals surface area contributed by atoms with E-state index < -0.39 is 0 Å². The van der Waals surface area contributed by atoms with E-state index >= 15 is 0 Å². The van der Waals surface area contributed by atoms with Gasteiger partial charge in [0.15, 0.2) is 11.5 Å². The van der Waals surface area contributed by atoms with Gasteiger partial charge in [-0.2, -0.15) is 0 Å². The second-order valence-corrected chi connectivity index (χ2v) is 4.42. The van der Waals surface area contributed by atoms with E-state index in [2.05, 4.69) is 5.32 Å². The van der Waals surface area contributed by atoms with Crippen molar-refractivity contribution in [1.29, 1.82) is 0 Å². The Balaban J connectivity index is 0.00000147. The third-order valence-corrected chi connectivity index (χ3v) is 3.07. The molecule has 5 heteroatoms. The molecule has 0 saturated heterocycles. The molecule has 0 aliphatic carbocycles. The Labute approximate surface area is 123 Å². The van der Waals surface area contributed by atoms with Gasteiger partial charge >= 0.3 is 0 Å². The van der Waals surface area contributed by atoms with Gasteiger partial charge in [-0.05, 0) is 23.8 Å². The predicted molar refractivity (Wildman–Crippen MR) is 78.5 cm³/mol. The molecule has 0 spiro atoms. The summed E-state index contributed by atoms with van der Waals surface area (Å²) in [6.45, 7) is 1.64. The van der Waals surface area contributed by atoms with Gasteiger partial charge in [-0.25, -0.2) is 0 Å². The lowest BCUT2D eigenvalue weighted by molar-refractivity contribution is 0.174. The second kappa shape index (κ2) is 6.50. The average molecular weight is 294 g/mol. The zero-order valence-electron chi connectivity index (χ0n) is 10.8. The van der Waals surface area contributed by atoms with Crippen LogP contribution in [-0.2, 0) is 13.1 Å². The minimum absolute atomic E-state index is 0. The van der Waals surface area contributed by atoms with Crippen LogP contribution in [0.3, 0.4) is 0 Å². The Hall–Kier alpha value is -1.91. The van der Waals surface area contributed by atoms with Crippen LogP contribution < -0.4 is 14.8 Å². The molecule has 3 rings (SSSR count). The minimum atomic E-state index is 0. The molecule has 1 aliphatic rings. The van der Waals surface area contributed by atoms with Crippen molar-refractivity contribution < 1.29 is 14.6 Å². The predicted octanol–water partition coefficient (Wildman–Crippen LogP) is 2.83. The third kappa shape index (κ3) is 3.15. The Morgan fingerprint density at radius 3 is 2.65 bits per heavy atom. The van der Waals surface area contributed by atoms with Gasteiger partial charge in [0.1, 0.15) is 5.75 Å². The Morgan fingerprint density at radius 2 is 1.80 bits per heavy atom. The van der Waals surface area contributed by atoms with Crippen molar-refractivity contribution in [2.75, 3.05) is 6.79 Å². The number of aromatic hydroxyl groups is 1. The number of ether oxygens (including phenoxy) is 2. The molecule has 106 valence electrons. The van der Waals surface area contributed by atoms with E-state index in [0.29, 0.717) is 25.6 Å². The molecule has 20 heavy (non-hydrogen) atoms. The summed E-state index contributed by atoms with van der Waals surface area (Å²) in [6.07, 6.45) is 0. The van der Waals surface area contributed by atoms with Crippen molar-refractivity contribution >= 4 is 12.4 Å². The minimum Gasteiger partial charge on any atom is -0.508 e. The molecule has 2 N–H and O–H groups in total. The topological polar surface area (TPSA) is 50.7 Å². The van der Waals surface area contributed by atoms with Crippen molar-refractivity contribution in [1.82, 2.24) is 5.32 Å². The van der Waals surface area contributed by atoms with Gasteiger partial charge in [-0.1, -0.05) is 24.3 Å². The van der Waals surface area contributed by atoms with Crippen LogP contribution >= 0.6 is 12.4 Å². The summed E-state index contributed by atoms with van der Waals surface area (Å²) < 4.78 is 10.6. The molecule has 0 fully saturated rings. The molecule has 0 amide bonds. The van der Waals surface area contributed by atoms with Crippen LogP contribution in [0.1, 0.15) is 11.1 Å². The van der Waals surface area contributed by atoms with Gasteiger partial charge in [0.2, 0.25) is 6.79 Å². The molecule has 4 nitrogen and oxygen atoms in total. The van der Waals surface area contributed by atoms with Crippen LogP contribution in [-0.4, -0.2) is 11.9 Å². The van der Waals surface area contributed by atoms with Crippen LogP contribution in [0.15, 0.2) is 42.5 Å². The van der Waals surface area contributed by atoms with Crippen molar-refractivity contribution in [3.05, 3.63) is 53.6 Å². The zero-order valence-corrected chi connectivity index (χ0v) is 11.7.